The minimum absolute atomic E-state index is 0.0718. The van der Waals surface area contributed by atoms with E-state index in [1.165, 1.54) is 0 Å². The van der Waals surface area contributed by atoms with E-state index < -0.39 is 0 Å². The van der Waals surface area contributed by atoms with Gasteiger partial charge in [0.1, 0.15) is 11.6 Å². The van der Waals surface area contributed by atoms with Gasteiger partial charge in [0, 0.05) is 6.04 Å². The van der Waals surface area contributed by atoms with Crippen LogP contribution in [-0.4, -0.2) is 28.8 Å². The molecule has 1 unspecified atom stereocenters. The molecule has 1 heterocycles. The van der Waals surface area contributed by atoms with Crippen molar-refractivity contribution in [2.24, 2.45) is 0 Å². The number of amides is 1. The van der Waals surface area contributed by atoms with Gasteiger partial charge in [0.15, 0.2) is 12.4 Å². The van der Waals surface area contributed by atoms with Gasteiger partial charge in [-0.1, -0.05) is 24.6 Å². The maximum Gasteiger partial charge on any atom is 0.263 e. The van der Waals surface area contributed by atoms with Gasteiger partial charge in [0.2, 0.25) is 0 Å². The number of aromatic nitrogens is 2. The Labute approximate surface area is 136 Å². The van der Waals surface area contributed by atoms with E-state index in [0.29, 0.717) is 23.4 Å². The van der Waals surface area contributed by atoms with Crippen molar-refractivity contribution in [3.8, 4) is 5.75 Å². The Morgan fingerprint density at radius 2 is 1.78 bits per heavy atom. The Bertz CT molecular complexity index is 626. The van der Waals surface area contributed by atoms with E-state index in [9.17, 15) is 4.79 Å². The second-order valence-corrected chi connectivity index (χ2v) is 5.41. The van der Waals surface area contributed by atoms with Crippen LogP contribution >= 0.6 is 0 Å². The summed E-state index contributed by atoms with van der Waals surface area (Å²) >= 11 is 0. The lowest BCUT2D eigenvalue weighted by atomic mass is 10.2. The molecule has 0 aliphatic heterocycles. The Hall–Kier alpha value is -2.63. The average Bonchev–Trinajstić information content (AvgIpc) is 2.56. The maximum atomic E-state index is 11.8. The summed E-state index contributed by atoms with van der Waals surface area (Å²) in [6.45, 7) is 6.08. The summed E-state index contributed by atoms with van der Waals surface area (Å²) in [5.74, 6) is 1.47. The lowest BCUT2D eigenvalue weighted by Crippen LogP contribution is -2.21. The Morgan fingerprint density at radius 3 is 2.39 bits per heavy atom. The fourth-order valence-electron chi connectivity index (χ4n) is 1.79. The maximum absolute atomic E-state index is 11.8. The van der Waals surface area contributed by atoms with E-state index in [4.69, 9.17) is 4.74 Å². The van der Waals surface area contributed by atoms with Crippen molar-refractivity contribution in [3.05, 3.63) is 42.0 Å². The number of anilines is 2. The first-order valence-corrected chi connectivity index (χ1v) is 7.66. The van der Waals surface area contributed by atoms with Crippen LogP contribution in [0.1, 0.15) is 25.8 Å². The predicted octanol–water partition coefficient (Wildman–Crippen LogP) is 3.01. The summed E-state index contributed by atoms with van der Waals surface area (Å²) < 4.78 is 5.41. The van der Waals surface area contributed by atoms with Gasteiger partial charge < -0.3 is 15.4 Å². The van der Waals surface area contributed by atoms with E-state index in [1.54, 1.807) is 12.1 Å². The van der Waals surface area contributed by atoms with Crippen molar-refractivity contribution in [1.29, 1.82) is 0 Å². The van der Waals surface area contributed by atoms with Crippen molar-refractivity contribution in [2.45, 2.75) is 33.2 Å². The lowest BCUT2D eigenvalue weighted by Gasteiger charge is -2.11. The van der Waals surface area contributed by atoms with Crippen molar-refractivity contribution in [3.63, 3.8) is 0 Å². The van der Waals surface area contributed by atoms with Crippen LogP contribution in [0, 0.1) is 6.92 Å². The van der Waals surface area contributed by atoms with Crippen molar-refractivity contribution in [1.82, 2.24) is 10.2 Å². The molecule has 122 valence electrons. The van der Waals surface area contributed by atoms with Gasteiger partial charge >= 0.3 is 0 Å². The minimum Gasteiger partial charge on any atom is -0.484 e. The summed E-state index contributed by atoms with van der Waals surface area (Å²) in [7, 11) is 0. The Morgan fingerprint density at radius 1 is 1.13 bits per heavy atom. The second kappa shape index (κ2) is 8.12. The summed E-state index contributed by atoms with van der Waals surface area (Å²) in [6.07, 6.45) is 0.997. The van der Waals surface area contributed by atoms with Crippen LogP contribution < -0.4 is 15.4 Å². The monoisotopic (exact) mass is 314 g/mol. The molecule has 2 N–H and O–H groups in total. The quantitative estimate of drug-likeness (QED) is 0.821. The van der Waals surface area contributed by atoms with Gasteiger partial charge in [-0.25, -0.2) is 0 Å². The first kappa shape index (κ1) is 16.7. The number of carbonyl (C=O) groups is 1. The SMILES string of the molecule is CCC(C)Nc1ccc(NC(=O)COc2ccc(C)cc2)nn1. The molecule has 0 fully saturated rings. The van der Waals surface area contributed by atoms with E-state index >= 15 is 0 Å². The molecule has 1 amide bonds. The van der Waals surface area contributed by atoms with E-state index in [2.05, 4.69) is 34.7 Å². The summed E-state index contributed by atoms with van der Waals surface area (Å²) in [4.78, 5) is 11.8. The molecule has 0 aliphatic rings. The van der Waals surface area contributed by atoms with Gasteiger partial charge in [-0.3, -0.25) is 4.79 Å². The highest BCUT2D eigenvalue weighted by molar-refractivity contribution is 5.90. The Kier molecular flexibility index (Phi) is 5.91. The summed E-state index contributed by atoms with van der Waals surface area (Å²) in [6, 6.07) is 11.4. The van der Waals surface area contributed by atoms with Crippen molar-refractivity contribution in [2.75, 3.05) is 17.2 Å². The predicted molar refractivity (Wildman–Crippen MR) is 90.7 cm³/mol. The molecule has 0 bridgehead atoms. The molecular weight excluding hydrogens is 292 g/mol. The fraction of sp³-hybridized carbons (Fsp3) is 0.353. The molecule has 1 aromatic heterocycles. The molecule has 2 rings (SSSR count). The minimum atomic E-state index is -0.275. The third-order valence-electron chi connectivity index (χ3n) is 3.33. The van der Waals surface area contributed by atoms with Gasteiger partial charge in [0.05, 0.1) is 0 Å². The van der Waals surface area contributed by atoms with Crippen molar-refractivity contribution >= 4 is 17.5 Å². The van der Waals surface area contributed by atoms with Crippen LogP contribution in [0.2, 0.25) is 0 Å². The standard InChI is InChI=1S/C17H22N4O2/c1-4-13(3)18-15-9-10-16(21-20-15)19-17(22)11-23-14-7-5-12(2)6-8-14/h5-10,13H,4,11H2,1-3H3,(H,18,20)(H,19,21,22). The van der Waals surface area contributed by atoms with Crippen LogP contribution in [-0.2, 0) is 4.79 Å². The van der Waals surface area contributed by atoms with Crippen LogP contribution in [0.15, 0.2) is 36.4 Å². The number of rotatable bonds is 7. The van der Waals surface area contributed by atoms with E-state index in [0.717, 1.165) is 12.0 Å². The van der Waals surface area contributed by atoms with Gasteiger partial charge in [-0.2, -0.15) is 0 Å². The highest BCUT2D eigenvalue weighted by Gasteiger charge is 2.06. The van der Waals surface area contributed by atoms with Crippen LogP contribution in [0.4, 0.5) is 11.6 Å². The number of hydrogen-bond acceptors (Lipinski definition) is 5. The first-order chi connectivity index (χ1) is 11.1. The number of nitrogens with one attached hydrogen (secondary N) is 2. The van der Waals surface area contributed by atoms with Crippen LogP contribution in [0.3, 0.4) is 0 Å². The highest BCUT2D eigenvalue weighted by Crippen LogP contribution is 2.12. The lowest BCUT2D eigenvalue weighted by molar-refractivity contribution is -0.118. The molecule has 1 atom stereocenters. The van der Waals surface area contributed by atoms with Crippen LogP contribution in [0.25, 0.3) is 0 Å². The van der Waals surface area contributed by atoms with E-state index in [-0.39, 0.29) is 12.5 Å². The molecule has 6 heteroatoms. The number of benzene rings is 1. The molecule has 2 aromatic rings. The number of hydrogen-bond donors (Lipinski definition) is 2. The first-order valence-electron chi connectivity index (χ1n) is 7.66. The zero-order chi connectivity index (χ0) is 16.7. The molecule has 0 radical (unpaired) electrons. The number of carbonyl (C=O) groups excluding carboxylic acids is 1. The zero-order valence-corrected chi connectivity index (χ0v) is 13.7. The van der Waals surface area contributed by atoms with E-state index in [1.807, 2.05) is 31.2 Å². The second-order valence-electron chi connectivity index (χ2n) is 5.41. The van der Waals surface area contributed by atoms with Gasteiger partial charge in [-0.05, 0) is 44.5 Å². The Balaban J connectivity index is 1.81. The number of nitrogens with zero attached hydrogens (tertiary/aromatic N) is 2. The molecule has 0 saturated carbocycles. The zero-order valence-electron chi connectivity index (χ0n) is 13.7. The van der Waals surface area contributed by atoms with Crippen LogP contribution in [0.5, 0.6) is 5.75 Å². The topological polar surface area (TPSA) is 76.1 Å². The molecular formula is C17H22N4O2. The molecule has 6 nitrogen and oxygen atoms in total. The average molecular weight is 314 g/mol. The smallest absolute Gasteiger partial charge is 0.263 e. The number of ether oxygens (including phenoxy) is 1. The third-order valence-corrected chi connectivity index (χ3v) is 3.33. The molecule has 1 aromatic carbocycles. The molecule has 0 saturated heterocycles. The fourth-order valence-corrected chi connectivity index (χ4v) is 1.79. The highest BCUT2D eigenvalue weighted by atomic mass is 16.5. The summed E-state index contributed by atoms with van der Waals surface area (Å²) in [5.41, 5.74) is 1.14. The third kappa shape index (κ3) is 5.58. The molecule has 0 spiro atoms. The van der Waals surface area contributed by atoms with Gasteiger partial charge in [0.25, 0.3) is 5.91 Å². The molecule has 23 heavy (non-hydrogen) atoms. The largest absolute Gasteiger partial charge is 0.484 e. The normalized spacial score (nSPS) is 11.6. The number of aryl methyl sites for hydroxylation is 1. The van der Waals surface area contributed by atoms with Crippen molar-refractivity contribution < 1.29 is 9.53 Å². The summed E-state index contributed by atoms with van der Waals surface area (Å²) in [5, 5.41) is 13.9. The molecule has 0 aliphatic carbocycles. The van der Waals surface area contributed by atoms with Gasteiger partial charge in [-0.15, -0.1) is 10.2 Å².